The van der Waals surface area contributed by atoms with E-state index in [0.717, 1.165) is 29.5 Å². The first kappa shape index (κ1) is 14.8. The second-order valence-corrected chi connectivity index (χ2v) is 6.37. The number of hydrogen-bond donors (Lipinski definition) is 0. The van der Waals surface area contributed by atoms with Gasteiger partial charge in [0.1, 0.15) is 0 Å². The van der Waals surface area contributed by atoms with Crippen LogP contribution in [0, 0.1) is 0 Å². The van der Waals surface area contributed by atoms with Crippen molar-refractivity contribution in [2.45, 2.75) is 0 Å². The third kappa shape index (κ3) is 3.04. The van der Waals surface area contributed by atoms with Crippen LogP contribution in [0.5, 0.6) is 0 Å². The second-order valence-electron chi connectivity index (χ2n) is 5.42. The van der Waals surface area contributed by atoms with Crippen molar-refractivity contribution in [3.05, 3.63) is 34.7 Å². The van der Waals surface area contributed by atoms with Gasteiger partial charge in [-0.2, -0.15) is 5.10 Å². The lowest BCUT2D eigenvalue weighted by atomic mass is 10.3. The quantitative estimate of drug-likeness (QED) is 0.860. The molecule has 22 heavy (non-hydrogen) atoms. The number of hydrogen-bond acceptors (Lipinski definition) is 6. The Morgan fingerprint density at radius 2 is 2.05 bits per heavy atom. The number of carbonyl (C=O) groups excluding carboxylic acids is 1. The fourth-order valence-corrected chi connectivity index (χ4v) is 3.13. The van der Waals surface area contributed by atoms with E-state index in [9.17, 15) is 4.79 Å². The molecule has 0 N–H and O–H groups in total. The average molecular weight is 317 g/mol. The Morgan fingerprint density at radius 1 is 1.27 bits per heavy atom. The Labute approximate surface area is 134 Å². The molecule has 1 amide bonds. The summed E-state index contributed by atoms with van der Waals surface area (Å²) in [5.41, 5.74) is 1.03. The Bertz CT molecular complexity index is 635. The minimum absolute atomic E-state index is 0.128. The summed E-state index contributed by atoms with van der Waals surface area (Å²) in [5.74, 6) is 0.997. The van der Waals surface area contributed by atoms with Gasteiger partial charge >= 0.3 is 0 Å². The van der Waals surface area contributed by atoms with Crippen LogP contribution < -0.4 is 9.80 Å². The van der Waals surface area contributed by atoms with Crippen LogP contribution in [0.4, 0.5) is 11.5 Å². The van der Waals surface area contributed by atoms with Gasteiger partial charge < -0.3 is 14.7 Å². The van der Waals surface area contributed by atoms with E-state index in [1.807, 2.05) is 47.5 Å². The van der Waals surface area contributed by atoms with Crippen LogP contribution in [-0.2, 0) is 0 Å². The van der Waals surface area contributed by atoms with Gasteiger partial charge in [-0.25, -0.2) is 0 Å². The summed E-state index contributed by atoms with van der Waals surface area (Å²) < 4.78 is 0. The smallest absolute Gasteiger partial charge is 0.264 e. The number of thiophene rings is 1. The maximum Gasteiger partial charge on any atom is 0.264 e. The Kier molecular flexibility index (Phi) is 4.24. The van der Waals surface area contributed by atoms with Crippen molar-refractivity contribution in [3.8, 4) is 0 Å². The molecule has 2 aromatic heterocycles. The molecule has 0 unspecified atom stereocenters. The lowest BCUT2D eigenvalue weighted by Crippen LogP contribution is -2.49. The summed E-state index contributed by atoms with van der Waals surface area (Å²) in [5, 5.41) is 10.2. The first-order chi connectivity index (χ1) is 10.6. The second kappa shape index (κ2) is 6.31. The molecule has 3 heterocycles. The number of amides is 1. The zero-order valence-corrected chi connectivity index (χ0v) is 13.6. The predicted molar refractivity (Wildman–Crippen MR) is 88.8 cm³/mol. The van der Waals surface area contributed by atoms with Gasteiger partial charge in [0.25, 0.3) is 5.91 Å². The predicted octanol–water partition coefficient (Wildman–Crippen LogP) is 1.57. The molecule has 0 saturated carbocycles. The molecule has 116 valence electrons. The van der Waals surface area contributed by atoms with E-state index >= 15 is 0 Å². The van der Waals surface area contributed by atoms with E-state index in [1.54, 1.807) is 6.20 Å². The van der Waals surface area contributed by atoms with E-state index in [0.29, 0.717) is 13.1 Å². The molecule has 1 fully saturated rings. The molecule has 3 rings (SSSR count). The third-order valence-corrected chi connectivity index (χ3v) is 4.62. The molecule has 0 aromatic carbocycles. The van der Waals surface area contributed by atoms with Crippen LogP contribution in [0.25, 0.3) is 0 Å². The molecule has 2 aromatic rings. The molecule has 1 aliphatic heterocycles. The molecular formula is C15H19N5OS. The highest BCUT2D eigenvalue weighted by Gasteiger charge is 2.23. The molecule has 0 aliphatic carbocycles. The molecule has 0 bridgehead atoms. The van der Waals surface area contributed by atoms with Crippen LogP contribution in [0.3, 0.4) is 0 Å². The summed E-state index contributed by atoms with van der Waals surface area (Å²) >= 11 is 1.49. The molecular weight excluding hydrogens is 298 g/mol. The van der Waals surface area contributed by atoms with Crippen molar-refractivity contribution in [1.82, 2.24) is 15.1 Å². The van der Waals surface area contributed by atoms with Gasteiger partial charge in [-0.1, -0.05) is 6.07 Å². The van der Waals surface area contributed by atoms with Gasteiger partial charge in [-0.05, 0) is 11.4 Å². The molecule has 1 saturated heterocycles. The molecule has 1 aliphatic rings. The van der Waals surface area contributed by atoms with Gasteiger partial charge in [-0.15, -0.1) is 16.4 Å². The SMILES string of the molecule is CN(C)c1cnnc(N2CCN(C(=O)c3cccs3)CC2)c1. The van der Waals surface area contributed by atoms with Gasteiger partial charge in [0.05, 0.1) is 16.8 Å². The fourth-order valence-electron chi connectivity index (χ4n) is 2.44. The zero-order chi connectivity index (χ0) is 15.5. The van der Waals surface area contributed by atoms with Gasteiger partial charge in [0, 0.05) is 46.3 Å². The highest BCUT2D eigenvalue weighted by molar-refractivity contribution is 7.12. The highest BCUT2D eigenvalue weighted by atomic mass is 32.1. The number of rotatable bonds is 3. The van der Waals surface area contributed by atoms with E-state index in [1.165, 1.54) is 11.3 Å². The minimum atomic E-state index is 0.128. The highest BCUT2D eigenvalue weighted by Crippen LogP contribution is 2.19. The van der Waals surface area contributed by atoms with Crippen LogP contribution in [0.1, 0.15) is 9.67 Å². The summed E-state index contributed by atoms with van der Waals surface area (Å²) in [6, 6.07) is 5.83. The summed E-state index contributed by atoms with van der Waals surface area (Å²) in [6.07, 6.45) is 1.75. The number of piperazine rings is 1. The number of carbonyl (C=O) groups is 1. The topological polar surface area (TPSA) is 52.6 Å². The zero-order valence-electron chi connectivity index (χ0n) is 12.8. The first-order valence-electron chi connectivity index (χ1n) is 7.23. The molecule has 6 nitrogen and oxygen atoms in total. The van der Waals surface area contributed by atoms with Crippen molar-refractivity contribution in [2.75, 3.05) is 50.1 Å². The summed E-state index contributed by atoms with van der Waals surface area (Å²) in [4.78, 5) is 19.2. The Morgan fingerprint density at radius 3 is 2.68 bits per heavy atom. The fraction of sp³-hybridized carbons (Fsp3) is 0.400. The van der Waals surface area contributed by atoms with Gasteiger partial charge in [-0.3, -0.25) is 4.79 Å². The normalized spacial score (nSPS) is 15.0. The van der Waals surface area contributed by atoms with Crippen molar-refractivity contribution in [1.29, 1.82) is 0 Å². The Balaban J connectivity index is 1.64. The molecule has 0 spiro atoms. The average Bonchev–Trinajstić information content (AvgIpc) is 3.09. The Hall–Kier alpha value is -2.15. The van der Waals surface area contributed by atoms with Crippen LogP contribution in [0.15, 0.2) is 29.8 Å². The number of nitrogens with zero attached hydrogens (tertiary/aromatic N) is 5. The van der Waals surface area contributed by atoms with Crippen molar-refractivity contribution in [2.24, 2.45) is 0 Å². The lowest BCUT2D eigenvalue weighted by Gasteiger charge is -2.35. The van der Waals surface area contributed by atoms with E-state index in [4.69, 9.17) is 0 Å². The number of aromatic nitrogens is 2. The van der Waals surface area contributed by atoms with E-state index < -0.39 is 0 Å². The van der Waals surface area contributed by atoms with E-state index in [2.05, 4.69) is 15.1 Å². The van der Waals surface area contributed by atoms with Gasteiger partial charge in [0.15, 0.2) is 5.82 Å². The molecule has 0 radical (unpaired) electrons. The van der Waals surface area contributed by atoms with Crippen molar-refractivity contribution >= 4 is 28.7 Å². The first-order valence-corrected chi connectivity index (χ1v) is 8.11. The van der Waals surface area contributed by atoms with Crippen molar-refractivity contribution in [3.63, 3.8) is 0 Å². The monoisotopic (exact) mass is 317 g/mol. The van der Waals surface area contributed by atoms with Crippen LogP contribution >= 0.6 is 11.3 Å². The van der Waals surface area contributed by atoms with Crippen LogP contribution in [-0.4, -0.2) is 61.3 Å². The van der Waals surface area contributed by atoms with Gasteiger partial charge in [0.2, 0.25) is 0 Å². The maximum absolute atomic E-state index is 12.3. The summed E-state index contributed by atoms with van der Waals surface area (Å²) in [7, 11) is 3.97. The number of anilines is 2. The molecule has 7 heteroatoms. The molecule has 0 atom stereocenters. The minimum Gasteiger partial charge on any atom is -0.376 e. The summed E-state index contributed by atoms with van der Waals surface area (Å²) in [6.45, 7) is 2.99. The van der Waals surface area contributed by atoms with Crippen molar-refractivity contribution < 1.29 is 4.79 Å². The largest absolute Gasteiger partial charge is 0.376 e. The van der Waals surface area contributed by atoms with Crippen LogP contribution in [0.2, 0.25) is 0 Å². The third-order valence-electron chi connectivity index (χ3n) is 3.77. The standard InChI is InChI=1S/C15H19N5OS/c1-18(2)12-10-14(17-16-11-12)19-5-7-20(8-6-19)15(21)13-4-3-9-22-13/h3-4,9-11H,5-8H2,1-2H3. The lowest BCUT2D eigenvalue weighted by molar-refractivity contribution is 0.0751. The van der Waals surface area contributed by atoms with E-state index in [-0.39, 0.29) is 5.91 Å². The maximum atomic E-state index is 12.3.